The number of unbranched alkanes of at least 4 members (excludes halogenated alkanes) is 4. The molecule has 0 aliphatic rings. The lowest BCUT2D eigenvalue weighted by Gasteiger charge is -2.02. The zero-order chi connectivity index (χ0) is 15.4. The maximum Gasteiger partial charge on any atom is 0.330 e. The summed E-state index contributed by atoms with van der Waals surface area (Å²) >= 11 is 7.00. The van der Waals surface area contributed by atoms with E-state index in [0.29, 0.717) is 10.3 Å². The Kier molecular flexibility index (Phi) is 5.64. The highest BCUT2D eigenvalue weighted by Gasteiger charge is 2.11. The molecule has 1 N–H and O–H groups in total. The Labute approximate surface area is 133 Å². The summed E-state index contributed by atoms with van der Waals surface area (Å²) in [6, 6.07) is 0. The minimum absolute atomic E-state index is 0.143. The number of nitrogens with one attached hydrogen (secondary N) is 1. The number of aromatic amines is 1. The van der Waals surface area contributed by atoms with Gasteiger partial charge in [-0.3, -0.25) is 9.13 Å². The molecule has 0 aliphatic heterocycles. The second kappa shape index (κ2) is 7.26. The summed E-state index contributed by atoms with van der Waals surface area (Å²) in [5.41, 5.74) is 1.26. The van der Waals surface area contributed by atoms with Gasteiger partial charge >= 0.3 is 5.69 Å². The Morgan fingerprint density at radius 2 is 1.90 bits per heavy atom. The number of fused-ring (bicyclic) bond motifs is 1. The van der Waals surface area contributed by atoms with Crippen molar-refractivity contribution in [1.29, 1.82) is 0 Å². The predicted octanol–water partition coefficient (Wildman–Crippen LogP) is 3.39. The van der Waals surface area contributed by atoms with Gasteiger partial charge in [-0.25, -0.2) is 9.78 Å². The zero-order valence-corrected chi connectivity index (χ0v) is 14.4. The summed E-state index contributed by atoms with van der Waals surface area (Å²) in [6.45, 7) is 2.22. The number of hydrogen-bond acceptors (Lipinski definition) is 4. The van der Waals surface area contributed by atoms with E-state index in [2.05, 4.69) is 16.9 Å². The Morgan fingerprint density at radius 3 is 2.62 bits per heavy atom. The normalized spacial score (nSPS) is 11.4. The fraction of sp³-hybridized carbons (Fsp3) is 0.643. The van der Waals surface area contributed by atoms with Crippen molar-refractivity contribution in [1.82, 2.24) is 19.1 Å². The molecule has 2 aromatic rings. The van der Waals surface area contributed by atoms with Crippen LogP contribution in [-0.4, -0.2) is 24.9 Å². The molecule has 0 saturated carbocycles. The van der Waals surface area contributed by atoms with Crippen LogP contribution in [0.25, 0.3) is 11.2 Å². The third kappa shape index (κ3) is 3.58. The van der Waals surface area contributed by atoms with E-state index in [0.717, 1.165) is 16.4 Å². The van der Waals surface area contributed by atoms with E-state index < -0.39 is 0 Å². The van der Waals surface area contributed by atoms with Gasteiger partial charge in [0.1, 0.15) is 10.2 Å². The van der Waals surface area contributed by atoms with Gasteiger partial charge in [-0.05, 0) is 6.42 Å². The van der Waals surface area contributed by atoms with Crippen LogP contribution in [0.1, 0.15) is 39.0 Å². The molecule has 0 fully saturated rings. The monoisotopic (exact) mass is 326 g/mol. The van der Waals surface area contributed by atoms with Crippen LogP contribution in [0.15, 0.2) is 9.95 Å². The number of aryl methyl sites for hydroxylation is 1. The van der Waals surface area contributed by atoms with Gasteiger partial charge in [0.2, 0.25) is 0 Å². The molecular formula is C14H22N4OS2. The lowest BCUT2D eigenvalue weighted by atomic mass is 10.2. The average Bonchev–Trinajstić information content (AvgIpc) is 2.91. The van der Waals surface area contributed by atoms with Crippen molar-refractivity contribution in [3.63, 3.8) is 0 Å². The molecule has 0 amide bonds. The predicted molar refractivity (Wildman–Crippen MR) is 90.6 cm³/mol. The Bertz CT molecular complexity index is 729. The van der Waals surface area contributed by atoms with E-state index in [1.165, 1.54) is 41.2 Å². The van der Waals surface area contributed by atoms with E-state index in [1.807, 2.05) is 0 Å². The SMILES string of the molecule is CCCCCCCSc1nc2c([nH]1)c(=S)n(C)c(=O)n2C. The number of nitrogens with zero attached hydrogens (tertiary/aromatic N) is 3. The van der Waals surface area contributed by atoms with Gasteiger partial charge in [0.05, 0.1) is 0 Å². The van der Waals surface area contributed by atoms with E-state index in [9.17, 15) is 4.79 Å². The fourth-order valence-corrected chi connectivity index (χ4v) is 3.34. The standard InChI is InChI=1S/C14H22N4OS2/c1-4-5-6-7-8-9-21-13-15-10-11(16-13)17(2)14(19)18(3)12(10)20/h4-9H2,1-3H3,(H,15,16). The van der Waals surface area contributed by atoms with Crippen LogP contribution in [-0.2, 0) is 14.1 Å². The molecule has 0 radical (unpaired) electrons. The van der Waals surface area contributed by atoms with Crippen molar-refractivity contribution >= 4 is 35.1 Å². The first kappa shape index (κ1) is 16.3. The molecule has 2 heterocycles. The van der Waals surface area contributed by atoms with Gasteiger partial charge in [-0.1, -0.05) is 56.6 Å². The van der Waals surface area contributed by atoms with Crippen molar-refractivity contribution in [2.45, 2.75) is 44.2 Å². The second-order valence-electron chi connectivity index (χ2n) is 5.21. The molecule has 0 bridgehead atoms. The van der Waals surface area contributed by atoms with Crippen molar-refractivity contribution < 1.29 is 0 Å². The van der Waals surface area contributed by atoms with E-state index >= 15 is 0 Å². The molecule has 0 atom stereocenters. The summed E-state index contributed by atoms with van der Waals surface area (Å²) in [7, 11) is 3.41. The molecule has 0 spiro atoms. The smallest absolute Gasteiger partial charge is 0.329 e. The second-order valence-corrected chi connectivity index (χ2v) is 6.68. The fourth-order valence-electron chi connectivity index (χ4n) is 2.25. The first-order chi connectivity index (χ1) is 10.1. The Balaban J connectivity index is 2.10. The summed E-state index contributed by atoms with van der Waals surface area (Å²) in [5, 5.41) is 0.841. The molecule has 5 nitrogen and oxygen atoms in total. The third-order valence-electron chi connectivity index (χ3n) is 3.56. The largest absolute Gasteiger partial charge is 0.330 e. The highest BCUT2D eigenvalue weighted by Crippen LogP contribution is 2.20. The molecule has 2 aromatic heterocycles. The molecule has 7 heteroatoms. The topological polar surface area (TPSA) is 55.6 Å². The van der Waals surface area contributed by atoms with Gasteiger partial charge < -0.3 is 4.98 Å². The lowest BCUT2D eigenvalue weighted by Crippen LogP contribution is -2.27. The van der Waals surface area contributed by atoms with Crippen LogP contribution in [0, 0.1) is 4.64 Å². The number of thioether (sulfide) groups is 1. The van der Waals surface area contributed by atoms with E-state index in [4.69, 9.17) is 12.2 Å². The minimum Gasteiger partial charge on any atom is -0.329 e. The number of rotatable bonds is 7. The van der Waals surface area contributed by atoms with Crippen LogP contribution in [0.4, 0.5) is 0 Å². The highest BCUT2D eigenvalue weighted by atomic mass is 32.2. The van der Waals surface area contributed by atoms with Crippen molar-refractivity contribution in [2.24, 2.45) is 14.1 Å². The highest BCUT2D eigenvalue weighted by molar-refractivity contribution is 7.99. The van der Waals surface area contributed by atoms with Crippen LogP contribution < -0.4 is 5.69 Å². The zero-order valence-electron chi connectivity index (χ0n) is 12.8. The Hall–Kier alpha value is -1.08. The van der Waals surface area contributed by atoms with Gasteiger partial charge in [0.25, 0.3) is 0 Å². The van der Waals surface area contributed by atoms with E-state index in [1.54, 1.807) is 25.9 Å². The van der Waals surface area contributed by atoms with Gasteiger partial charge in [0, 0.05) is 19.8 Å². The van der Waals surface area contributed by atoms with Crippen molar-refractivity contribution in [2.75, 3.05) is 5.75 Å². The summed E-state index contributed by atoms with van der Waals surface area (Å²) in [5.74, 6) is 1.04. The maximum absolute atomic E-state index is 12.0. The van der Waals surface area contributed by atoms with Crippen LogP contribution in [0.5, 0.6) is 0 Å². The molecule has 0 saturated heterocycles. The van der Waals surface area contributed by atoms with Crippen molar-refractivity contribution in [3.05, 3.63) is 15.1 Å². The average molecular weight is 326 g/mol. The van der Waals surface area contributed by atoms with Gasteiger partial charge in [-0.2, -0.15) is 0 Å². The summed E-state index contributed by atoms with van der Waals surface area (Å²) < 4.78 is 3.51. The Morgan fingerprint density at radius 1 is 1.19 bits per heavy atom. The van der Waals surface area contributed by atoms with E-state index in [-0.39, 0.29) is 5.69 Å². The summed E-state index contributed by atoms with van der Waals surface area (Å²) in [4.78, 5) is 19.7. The number of imidazole rings is 1. The van der Waals surface area contributed by atoms with Crippen LogP contribution >= 0.6 is 24.0 Å². The molecule has 0 aliphatic carbocycles. The summed E-state index contributed by atoms with van der Waals surface area (Å²) in [6.07, 6.45) is 6.34. The first-order valence-electron chi connectivity index (χ1n) is 7.34. The number of H-pyrrole nitrogens is 1. The third-order valence-corrected chi connectivity index (χ3v) is 5.00. The molecular weight excluding hydrogens is 304 g/mol. The molecule has 21 heavy (non-hydrogen) atoms. The molecule has 0 unspecified atom stereocenters. The first-order valence-corrected chi connectivity index (χ1v) is 8.74. The van der Waals surface area contributed by atoms with Crippen LogP contribution in [0.3, 0.4) is 0 Å². The number of aromatic nitrogens is 4. The lowest BCUT2D eigenvalue weighted by molar-refractivity contribution is 0.659. The van der Waals surface area contributed by atoms with Gasteiger partial charge in [-0.15, -0.1) is 0 Å². The number of hydrogen-bond donors (Lipinski definition) is 1. The van der Waals surface area contributed by atoms with Gasteiger partial charge in [0.15, 0.2) is 10.8 Å². The molecule has 2 rings (SSSR count). The molecule has 0 aromatic carbocycles. The minimum atomic E-state index is -0.143. The molecule has 116 valence electrons. The van der Waals surface area contributed by atoms with Crippen molar-refractivity contribution in [3.8, 4) is 0 Å². The maximum atomic E-state index is 12.0. The van der Waals surface area contributed by atoms with Crippen LogP contribution in [0.2, 0.25) is 0 Å². The quantitative estimate of drug-likeness (QED) is 0.481.